The summed E-state index contributed by atoms with van der Waals surface area (Å²) in [6, 6.07) is 0. The van der Waals surface area contributed by atoms with Crippen molar-refractivity contribution in [1.82, 2.24) is 0 Å². The fourth-order valence-electron chi connectivity index (χ4n) is 1.85. The summed E-state index contributed by atoms with van der Waals surface area (Å²) in [4.78, 5) is 10.9. The lowest BCUT2D eigenvalue weighted by atomic mass is 9.66. The van der Waals surface area contributed by atoms with Gasteiger partial charge in [-0.1, -0.05) is 12.2 Å². The van der Waals surface area contributed by atoms with Gasteiger partial charge in [-0.05, 0) is 24.7 Å². The highest BCUT2D eigenvalue weighted by Crippen LogP contribution is 2.44. The molecule has 0 atom stereocenters. The number of hydrogen-bond acceptors (Lipinski definition) is 1. The maximum absolute atomic E-state index is 10.9. The van der Waals surface area contributed by atoms with Gasteiger partial charge in [0, 0.05) is 12.8 Å². The first kappa shape index (κ1) is 6.14. The molecule has 2 rings (SSSR count). The molecule has 0 radical (unpaired) electrons. The van der Waals surface area contributed by atoms with Crippen molar-refractivity contribution in [3.8, 4) is 0 Å². The molecule has 0 saturated heterocycles. The van der Waals surface area contributed by atoms with Crippen molar-refractivity contribution in [2.24, 2.45) is 5.41 Å². The quantitative estimate of drug-likeness (QED) is 0.466. The molecule has 0 bridgehead atoms. The zero-order valence-electron chi connectivity index (χ0n) is 6.10. The van der Waals surface area contributed by atoms with Crippen molar-refractivity contribution in [2.45, 2.75) is 32.1 Å². The summed E-state index contributed by atoms with van der Waals surface area (Å²) < 4.78 is 0. The van der Waals surface area contributed by atoms with Crippen molar-refractivity contribution < 1.29 is 4.79 Å². The van der Waals surface area contributed by atoms with Gasteiger partial charge < -0.3 is 0 Å². The lowest BCUT2D eigenvalue weighted by Gasteiger charge is -2.38. The molecule has 0 aliphatic heterocycles. The van der Waals surface area contributed by atoms with Gasteiger partial charge in [0.1, 0.15) is 5.78 Å². The predicted molar refractivity (Wildman–Crippen MR) is 39.7 cm³/mol. The van der Waals surface area contributed by atoms with Gasteiger partial charge in [-0.2, -0.15) is 0 Å². The largest absolute Gasteiger partial charge is 0.300 e. The van der Waals surface area contributed by atoms with Crippen molar-refractivity contribution in [3.05, 3.63) is 12.2 Å². The van der Waals surface area contributed by atoms with E-state index in [1.165, 1.54) is 6.42 Å². The van der Waals surface area contributed by atoms with Gasteiger partial charge in [0.05, 0.1) is 0 Å². The van der Waals surface area contributed by atoms with E-state index >= 15 is 0 Å². The Morgan fingerprint density at radius 1 is 1.30 bits per heavy atom. The molecule has 10 heavy (non-hydrogen) atoms. The number of carbonyl (C=O) groups excluding carboxylic acids is 1. The van der Waals surface area contributed by atoms with E-state index in [1.807, 2.05) is 0 Å². The van der Waals surface area contributed by atoms with Crippen molar-refractivity contribution in [3.63, 3.8) is 0 Å². The van der Waals surface area contributed by atoms with Crippen LogP contribution in [0.5, 0.6) is 0 Å². The Hall–Kier alpha value is -0.590. The Morgan fingerprint density at radius 2 is 1.90 bits per heavy atom. The van der Waals surface area contributed by atoms with E-state index in [2.05, 4.69) is 12.2 Å². The minimum absolute atomic E-state index is 0.464. The topological polar surface area (TPSA) is 17.1 Å². The molecule has 0 aromatic rings. The molecule has 1 spiro atoms. The summed E-state index contributed by atoms with van der Waals surface area (Å²) in [5.74, 6) is 0.464. The van der Waals surface area contributed by atoms with E-state index in [1.54, 1.807) is 0 Å². The average molecular weight is 136 g/mol. The number of carbonyl (C=O) groups is 1. The second-order valence-electron chi connectivity index (χ2n) is 3.51. The maximum Gasteiger partial charge on any atom is 0.132 e. The fraction of sp³-hybridized carbons (Fsp3) is 0.667. The molecule has 0 heterocycles. The van der Waals surface area contributed by atoms with Crippen LogP contribution in [-0.2, 0) is 4.79 Å². The minimum Gasteiger partial charge on any atom is -0.300 e. The number of ketones is 1. The molecule has 1 fully saturated rings. The van der Waals surface area contributed by atoms with Gasteiger partial charge in [0.25, 0.3) is 0 Å². The standard InChI is InChI=1S/C9H12O/c10-8-2-6-9(7-3-8)4-1-5-9/h1,4H,2-3,5-7H2. The summed E-state index contributed by atoms with van der Waals surface area (Å²) in [6.45, 7) is 0. The molecule has 0 amide bonds. The van der Waals surface area contributed by atoms with Gasteiger partial charge in [-0.25, -0.2) is 0 Å². The summed E-state index contributed by atoms with van der Waals surface area (Å²) >= 11 is 0. The van der Waals surface area contributed by atoms with Crippen LogP contribution in [0, 0.1) is 5.41 Å². The Balaban J connectivity index is 2.03. The first-order valence-electron chi connectivity index (χ1n) is 4.00. The van der Waals surface area contributed by atoms with E-state index in [4.69, 9.17) is 0 Å². The number of rotatable bonds is 0. The second-order valence-corrected chi connectivity index (χ2v) is 3.51. The normalized spacial score (nSPS) is 28.6. The third-order valence-corrected chi connectivity index (χ3v) is 2.80. The van der Waals surface area contributed by atoms with E-state index in [9.17, 15) is 4.79 Å². The number of hydrogen-bond donors (Lipinski definition) is 0. The first-order chi connectivity index (χ1) is 4.81. The highest BCUT2D eigenvalue weighted by molar-refractivity contribution is 5.79. The zero-order valence-corrected chi connectivity index (χ0v) is 6.10. The molecule has 0 N–H and O–H groups in total. The molecule has 0 unspecified atom stereocenters. The minimum atomic E-state index is 0.464. The summed E-state index contributed by atoms with van der Waals surface area (Å²) in [7, 11) is 0. The van der Waals surface area contributed by atoms with Gasteiger partial charge in [0.15, 0.2) is 0 Å². The van der Waals surface area contributed by atoms with E-state index < -0.39 is 0 Å². The zero-order chi connectivity index (χ0) is 7.03. The highest BCUT2D eigenvalue weighted by atomic mass is 16.1. The lowest BCUT2D eigenvalue weighted by molar-refractivity contribution is -0.121. The molecule has 1 saturated carbocycles. The molecule has 1 heteroatoms. The Kier molecular flexibility index (Phi) is 1.19. The SMILES string of the molecule is O=C1CCC2(C=CC2)CC1. The van der Waals surface area contributed by atoms with Crippen LogP contribution in [0.3, 0.4) is 0 Å². The first-order valence-corrected chi connectivity index (χ1v) is 4.00. The van der Waals surface area contributed by atoms with Crippen LogP contribution in [0.4, 0.5) is 0 Å². The van der Waals surface area contributed by atoms with Crippen LogP contribution in [0.2, 0.25) is 0 Å². The van der Waals surface area contributed by atoms with Crippen LogP contribution >= 0.6 is 0 Å². The summed E-state index contributed by atoms with van der Waals surface area (Å²) in [6.07, 6.45) is 9.61. The molecule has 54 valence electrons. The van der Waals surface area contributed by atoms with Crippen LogP contribution in [0.15, 0.2) is 12.2 Å². The second kappa shape index (κ2) is 1.94. The van der Waals surface area contributed by atoms with E-state index in [0.29, 0.717) is 11.2 Å². The number of allylic oxidation sites excluding steroid dienone is 2. The van der Waals surface area contributed by atoms with Crippen molar-refractivity contribution >= 4 is 5.78 Å². The molecule has 0 aromatic heterocycles. The summed E-state index contributed by atoms with van der Waals surface area (Å²) in [5.41, 5.74) is 0.480. The predicted octanol–water partition coefficient (Wildman–Crippen LogP) is 2.08. The Labute approximate surface area is 61.1 Å². The van der Waals surface area contributed by atoms with Crippen LogP contribution in [-0.4, -0.2) is 5.78 Å². The molecular formula is C9H12O. The van der Waals surface area contributed by atoms with Gasteiger partial charge in [-0.3, -0.25) is 4.79 Å². The highest BCUT2D eigenvalue weighted by Gasteiger charge is 2.34. The Morgan fingerprint density at radius 3 is 2.30 bits per heavy atom. The molecular weight excluding hydrogens is 124 g/mol. The van der Waals surface area contributed by atoms with Gasteiger partial charge in [0.2, 0.25) is 0 Å². The van der Waals surface area contributed by atoms with Gasteiger partial charge in [-0.15, -0.1) is 0 Å². The van der Waals surface area contributed by atoms with Crippen LogP contribution in [0.1, 0.15) is 32.1 Å². The monoisotopic (exact) mass is 136 g/mol. The van der Waals surface area contributed by atoms with Crippen molar-refractivity contribution in [1.29, 1.82) is 0 Å². The van der Waals surface area contributed by atoms with Crippen LogP contribution < -0.4 is 0 Å². The third kappa shape index (κ3) is 0.808. The van der Waals surface area contributed by atoms with E-state index in [0.717, 1.165) is 25.7 Å². The lowest BCUT2D eigenvalue weighted by Crippen LogP contribution is -2.29. The van der Waals surface area contributed by atoms with Gasteiger partial charge >= 0.3 is 0 Å². The maximum atomic E-state index is 10.9. The smallest absolute Gasteiger partial charge is 0.132 e. The fourth-order valence-corrected chi connectivity index (χ4v) is 1.85. The third-order valence-electron chi connectivity index (χ3n) is 2.80. The van der Waals surface area contributed by atoms with Crippen molar-refractivity contribution in [2.75, 3.05) is 0 Å². The summed E-state index contributed by atoms with van der Waals surface area (Å²) in [5, 5.41) is 0. The molecule has 0 aromatic carbocycles. The number of Topliss-reactive ketones (excluding diaryl/α,β-unsaturated/α-hetero) is 1. The molecule has 1 nitrogen and oxygen atoms in total. The average Bonchev–Trinajstić information content (AvgIpc) is 1.86. The molecule has 2 aliphatic rings. The Bertz CT molecular complexity index is 181. The van der Waals surface area contributed by atoms with E-state index in [-0.39, 0.29) is 0 Å². The molecule has 2 aliphatic carbocycles. The van der Waals surface area contributed by atoms with Crippen LogP contribution in [0.25, 0.3) is 0 Å².